The van der Waals surface area contributed by atoms with Crippen molar-refractivity contribution in [2.75, 3.05) is 31.6 Å². The summed E-state index contributed by atoms with van der Waals surface area (Å²) in [6, 6.07) is 0. The summed E-state index contributed by atoms with van der Waals surface area (Å²) in [5.41, 5.74) is 3.64. The minimum Gasteiger partial charge on any atom is -0.341 e. The molecule has 1 aromatic heterocycles. The first-order chi connectivity index (χ1) is 10.1. The van der Waals surface area contributed by atoms with Gasteiger partial charge in [-0.2, -0.15) is 0 Å². The number of nitrogens with zero attached hydrogens (tertiary/aromatic N) is 3. The van der Waals surface area contributed by atoms with Crippen LogP contribution in [-0.2, 0) is 6.42 Å². The van der Waals surface area contributed by atoms with Gasteiger partial charge in [0.2, 0.25) is 5.95 Å². The van der Waals surface area contributed by atoms with Crippen LogP contribution in [-0.4, -0.2) is 36.6 Å². The molecule has 0 aliphatic carbocycles. The van der Waals surface area contributed by atoms with E-state index in [0.29, 0.717) is 5.92 Å². The Balaban J connectivity index is 2.15. The predicted molar refractivity (Wildman–Crippen MR) is 89.0 cm³/mol. The molecule has 0 saturated carbocycles. The zero-order chi connectivity index (χ0) is 15.2. The Morgan fingerprint density at radius 2 is 1.62 bits per heavy atom. The van der Waals surface area contributed by atoms with Crippen molar-refractivity contribution in [1.82, 2.24) is 15.3 Å². The van der Waals surface area contributed by atoms with Gasteiger partial charge in [-0.05, 0) is 58.2 Å². The summed E-state index contributed by atoms with van der Waals surface area (Å²) < 4.78 is 0. The topological polar surface area (TPSA) is 41.1 Å². The highest BCUT2D eigenvalue weighted by molar-refractivity contribution is 5.37. The molecule has 1 atom stereocenters. The average Bonchev–Trinajstić information content (AvgIpc) is 2.72. The van der Waals surface area contributed by atoms with Gasteiger partial charge >= 0.3 is 0 Å². The van der Waals surface area contributed by atoms with Crippen molar-refractivity contribution in [3.8, 4) is 0 Å². The Morgan fingerprint density at radius 1 is 1.05 bits per heavy atom. The maximum Gasteiger partial charge on any atom is 0.225 e. The van der Waals surface area contributed by atoms with E-state index in [0.717, 1.165) is 43.4 Å². The van der Waals surface area contributed by atoms with Gasteiger partial charge in [0.05, 0.1) is 0 Å². The molecule has 2 rings (SSSR count). The summed E-state index contributed by atoms with van der Waals surface area (Å²) in [5.74, 6) is 1.55. The smallest absolute Gasteiger partial charge is 0.225 e. The zero-order valence-electron chi connectivity index (χ0n) is 14.1. The highest BCUT2D eigenvalue weighted by Gasteiger charge is 2.16. The van der Waals surface area contributed by atoms with Crippen molar-refractivity contribution in [2.24, 2.45) is 5.92 Å². The molecule has 1 aliphatic rings. The van der Waals surface area contributed by atoms with Crippen LogP contribution >= 0.6 is 0 Å². The number of hydrogen-bond acceptors (Lipinski definition) is 4. The zero-order valence-corrected chi connectivity index (χ0v) is 14.1. The Kier molecular flexibility index (Phi) is 5.97. The molecule has 0 bridgehead atoms. The number of rotatable bonds is 5. The van der Waals surface area contributed by atoms with Gasteiger partial charge in [-0.25, -0.2) is 9.97 Å². The minimum absolute atomic E-state index is 0.611. The second-order valence-corrected chi connectivity index (χ2v) is 6.44. The van der Waals surface area contributed by atoms with E-state index in [1.807, 2.05) is 7.05 Å². The molecular weight excluding hydrogens is 260 g/mol. The van der Waals surface area contributed by atoms with Gasteiger partial charge in [0.15, 0.2) is 0 Å². The number of anilines is 1. The summed E-state index contributed by atoms with van der Waals surface area (Å²) >= 11 is 0. The molecular formula is C17H30N4. The number of aryl methyl sites for hydroxylation is 2. The Bertz CT molecular complexity index is 427. The van der Waals surface area contributed by atoms with E-state index in [1.54, 1.807) is 0 Å². The lowest BCUT2D eigenvalue weighted by molar-refractivity contribution is 0.536. The lowest BCUT2D eigenvalue weighted by Gasteiger charge is -2.22. The van der Waals surface area contributed by atoms with Crippen LogP contribution in [0.3, 0.4) is 0 Å². The summed E-state index contributed by atoms with van der Waals surface area (Å²) in [7, 11) is 2.01. The molecule has 4 nitrogen and oxygen atoms in total. The maximum atomic E-state index is 4.81. The lowest BCUT2D eigenvalue weighted by atomic mass is 9.99. The Labute approximate surface area is 129 Å². The molecule has 0 spiro atoms. The molecule has 0 aromatic carbocycles. The average molecular weight is 290 g/mol. The highest BCUT2D eigenvalue weighted by Crippen LogP contribution is 2.21. The summed E-state index contributed by atoms with van der Waals surface area (Å²) in [4.78, 5) is 12.0. The van der Waals surface area contributed by atoms with Crippen LogP contribution in [0.1, 0.15) is 49.6 Å². The minimum atomic E-state index is 0.611. The summed E-state index contributed by atoms with van der Waals surface area (Å²) in [6.45, 7) is 9.79. The summed E-state index contributed by atoms with van der Waals surface area (Å²) in [5, 5.41) is 3.25. The number of aromatic nitrogens is 2. The van der Waals surface area contributed by atoms with E-state index in [1.165, 1.54) is 31.2 Å². The van der Waals surface area contributed by atoms with Crippen LogP contribution in [0, 0.1) is 19.8 Å². The van der Waals surface area contributed by atoms with Crippen molar-refractivity contribution in [3.05, 3.63) is 17.0 Å². The van der Waals surface area contributed by atoms with E-state index in [4.69, 9.17) is 9.97 Å². The molecule has 1 N–H and O–H groups in total. The molecule has 1 unspecified atom stereocenters. The van der Waals surface area contributed by atoms with Gasteiger partial charge < -0.3 is 10.2 Å². The van der Waals surface area contributed by atoms with Gasteiger partial charge in [-0.3, -0.25) is 0 Å². The molecule has 1 saturated heterocycles. The fourth-order valence-corrected chi connectivity index (χ4v) is 3.20. The first kappa shape index (κ1) is 16.2. The fraction of sp³-hybridized carbons (Fsp3) is 0.765. The van der Waals surface area contributed by atoms with Gasteiger partial charge in [0.25, 0.3) is 0 Å². The highest BCUT2D eigenvalue weighted by atomic mass is 15.2. The quantitative estimate of drug-likeness (QED) is 0.905. The van der Waals surface area contributed by atoms with Crippen LogP contribution in [0.2, 0.25) is 0 Å². The van der Waals surface area contributed by atoms with E-state index in [-0.39, 0.29) is 0 Å². The molecule has 0 amide bonds. The van der Waals surface area contributed by atoms with Crippen molar-refractivity contribution >= 4 is 5.95 Å². The van der Waals surface area contributed by atoms with E-state index >= 15 is 0 Å². The number of nitrogens with one attached hydrogen (secondary N) is 1. The number of hydrogen-bond donors (Lipinski definition) is 1. The van der Waals surface area contributed by atoms with Gasteiger partial charge in [-0.1, -0.05) is 19.8 Å². The first-order valence-corrected chi connectivity index (χ1v) is 8.35. The second kappa shape index (κ2) is 7.74. The van der Waals surface area contributed by atoms with E-state index in [2.05, 4.69) is 31.0 Å². The molecule has 1 aromatic rings. The second-order valence-electron chi connectivity index (χ2n) is 6.44. The van der Waals surface area contributed by atoms with E-state index in [9.17, 15) is 0 Å². The van der Waals surface area contributed by atoms with Gasteiger partial charge in [0.1, 0.15) is 0 Å². The Morgan fingerprint density at radius 3 is 2.14 bits per heavy atom. The van der Waals surface area contributed by atoms with Crippen LogP contribution < -0.4 is 10.2 Å². The van der Waals surface area contributed by atoms with Crippen LogP contribution in [0.15, 0.2) is 0 Å². The molecule has 2 heterocycles. The predicted octanol–water partition coefficient (Wildman–Crippen LogP) is 2.87. The standard InChI is InChI=1S/C17H30N4/c1-13(12-18-4)11-16-14(2)19-17(20-15(16)3)21-9-7-5-6-8-10-21/h13,18H,5-12H2,1-4H3. The van der Waals surface area contributed by atoms with Crippen LogP contribution in [0.4, 0.5) is 5.95 Å². The third kappa shape index (κ3) is 4.40. The lowest BCUT2D eigenvalue weighted by Crippen LogP contribution is -2.27. The van der Waals surface area contributed by atoms with Gasteiger partial charge in [0, 0.05) is 24.5 Å². The largest absolute Gasteiger partial charge is 0.341 e. The van der Waals surface area contributed by atoms with Crippen LogP contribution in [0.5, 0.6) is 0 Å². The molecule has 118 valence electrons. The molecule has 21 heavy (non-hydrogen) atoms. The maximum absolute atomic E-state index is 4.81. The van der Waals surface area contributed by atoms with Crippen molar-refractivity contribution in [2.45, 2.75) is 52.9 Å². The molecule has 1 fully saturated rings. The molecule has 0 radical (unpaired) electrons. The first-order valence-electron chi connectivity index (χ1n) is 8.35. The fourth-order valence-electron chi connectivity index (χ4n) is 3.20. The summed E-state index contributed by atoms with van der Waals surface area (Å²) in [6.07, 6.45) is 6.27. The van der Waals surface area contributed by atoms with Crippen LogP contribution in [0.25, 0.3) is 0 Å². The van der Waals surface area contributed by atoms with E-state index < -0.39 is 0 Å². The third-order valence-electron chi connectivity index (χ3n) is 4.40. The van der Waals surface area contributed by atoms with Gasteiger partial charge in [-0.15, -0.1) is 0 Å². The molecule has 4 heteroatoms. The SMILES string of the molecule is CNCC(C)Cc1c(C)nc(N2CCCCCC2)nc1C. The molecule has 1 aliphatic heterocycles. The third-order valence-corrected chi connectivity index (χ3v) is 4.40. The monoisotopic (exact) mass is 290 g/mol. The van der Waals surface area contributed by atoms with Crippen molar-refractivity contribution in [1.29, 1.82) is 0 Å². The van der Waals surface area contributed by atoms with Crippen molar-refractivity contribution < 1.29 is 0 Å². The van der Waals surface area contributed by atoms with Crippen molar-refractivity contribution in [3.63, 3.8) is 0 Å². The normalized spacial score (nSPS) is 17.6. The Hall–Kier alpha value is -1.16.